The molecule has 5 nitrogen and oxygen atoms in total. The number of hydrogen-bond donors (Lipinski definition) is 1. The zero-order chi connectivity index (χ0) is 15.3. The second kappa shape index (κ2) is 11.1. The van der Waals surface area contributed by atoms with E-state index < -0.39 is 0 Å². The fourth-order valence-corrected chi connectivity index (χ4v) is 1.60. The Hall–Kier alpha value is -1.56. The molecule has 0 spiro atoms. The van der Waals surface area contributed by atoms with E-state index in [2.05, 4.69) is 0 Å². The molecule has 1 aromatic rings. The van der Waals surface area contributed by atoms with Crippen LogP contribution >= 0.6 is 0 Å². The van der Waals surface area contributed by atoms with Gasteiger partial charge in [-0.1, -0.05) is 12.1 Å². The maximum Gasteiger partial charge on any atom is 0.118 e. The van der Waals surface area contributed by atoms with E-state index in [1.165, 1.54) is 0 Å². The maximum atomic E-state index is 8.51. The topological polar surface area (TPSA) is 57.2 Å². The molecule has 0 aromatic heterocycles. The molecule has 1 aromatic carbocycles. The first-order chi connectivity index (χ1) is 10.3. The van der Waals surface area contributed by atoms with Gasteiger partial charge in [-0.15, -0.1) is 0 Å². The van der Waals surface area contributed by atoms with E-state index in [0.29, 0.717) is 33.0 Å². The summed E-state index contributed by atoms with van der Waals surface area (Å²) in [4.78, 5) is 0. The second-order valence-corrected chi connectivity index (χ2v) is 4.35. The average molecular weight is 296 g/mol. The van der Waals surface area contributed by atoms with Crippen molar-refractivity contribution in [3.05, 3.63) is 36.1 Å². The summed E-state index contributed by atoms with van der Waals surface area (Å²) in [7, 11) is 1.65. The number of methoxy groups -OCH3 is 1. The van der Waals surface area contributed by atoms with Gasteiger partial charge in [0.2, 0.25) is 0 Å². The SMILES string of the molecule is COc1ccc(C(C)=COCCOCCOCCO)cc1. The molecule has 21 heavy (non-hydrogen) atoms. The molecular formula is C16H24O5. The number of rotatable bonds is 11. The molecule has 0 heterocycles. The molecular weight excluding hydrogens is 272 g/mol. The van der Waals surface area contributed by atoms with Gasteiger partial charge < -0.3 is 24.1 Å². The Morgan fingerprint density at radius 1 is 1.00 bits per heavy atom. The highest BCUT2D eigenvalue weighted by Crippen LogP contribution is 2.17. The van der Waals surface area contributed by atoms with Crippen molar-refractivity contribution in [1.82, 2.24) is 0 Å². The molecule has 0 unspecified atom stereocenters. The number of aliphatic hydroxyl groups excluding tert-OH is 1. The second-order valence-electron chi connectivity index (χ2n) is 4.35. The van der Waals surface area contributed by atoms with E-state index in [1.807, 2.05) is 31.2 Å². The van der Waals surface area contributed by atoms with Crippen LogP contribution in [0.4, 0.5) is 0 Å². The molecule has 5 heteroatoms. The van der Waals surface area contributed by atoms with Crippen LogP contribution in [0.2, 0.25) is 0 Å². The van der Waals surface area contributed by atoms with Gasteiger partial charge in [0.25, 0.3) is 0 Å². The summed E-state index contributed by atoms with van der Waals surface area (Å²) >= 11 is 0. The summed E-state index contributed by atoms with van der Waals surface area (Å²) < 4.78 is 20.9. The van der Waals surface area contributed by atoms with Gasteiger partial charge in [-0.25, -0.2) is 0 Å². The van der Waals surface area contributed by atoms with E-state index in [4.69, 9.17) is 24.1 Å². The monoisotopic (exact) mass is 296 g/mol. The Morgan fingerprint density at radius 2 is 1.62 bits per heavy atom. The van der Waals surface area contributed by atoms with Gasteiger partial charge in [0.1, 0.15) is 12.4 Å². The molecule has 0 saturated carbocycles. The van der Waals surface area contributed by atoms with Crippen molar-refractivity contribution in [2.45, 2.75) is 6.92 Å². The molecule has 0 aliphatic rings. The van der Waals surface area contributed by atoms with Crippen LogP contribution in [0.3, 0.4) is 0 Å². The molecule has 0 atom stereocenters. The smallest absolute Gasteiger partial charge is 0.118 e. The van der Waals surface area contributed by atoms with Crippen LogP contribution in [-0.4, -0.2) is 51.9 Å². The quantitative estimate of drug-likeness (QED) is 0.500. The van der Waals surface area contributed by atoms with E-state index in [-0.39, 0.29) is 6.61 Å². The van der Waals surface area contributed by atoms with E-state index >= 15 is 0 Å². The van der Waals surface area contributed by atoms with Crippen LogP contribution in [0.1, 0.15) is 12.5 Å². The number of benzene rings is 1. The number of aliphatic hydroxyl groups is 1. The predicted molar refractivity (Wildman–Crippen MR) is 81.3 cm³/mol. The third-order valence-corrected chi connectivity index (χ3v) is 2.76. The molecule has 0 bridgehead atoms. The zero-order valence-electron chi connectivity index (χ0n) is 12.7. The third-order valence-electron chi connectivity index (χ3n) is 2.76. The molecule has 0 fully saturated rings. The molecule has 118 valence electrons. The molecule has 1 rings (SSSR count). The zero-order valence-corrected chi connectivity index (χ0v) is 12.7. The molecule has 0 saturated heterocycles. The van der Waals surface area contributed by atoms with Gasteiger partial charge in [0, 0.05) is 0 Å². The lowest BCUT2D eigenvalue weighted by atomic mass is 10.1. The van der Waals surface area contributed by atoms with Gasteiger partial charge in [0.05, 0.1) is 46.4 Å². The van der Waals surface area contributed by atoms with Gasteiger partial charge >= 0.3 is 0 Å². The normalized spacial score (nSPS) is 11.5. The Balaban J connectivity index is 2.14. The predicted octanol–water partition coefficient (Wildman–Crippen LogP) is 2.10. The number of allylic oxidation sites excluding steroid dienone is 1. The number of hydrogen-bond acceptors (Lipinski definition) is 5. The molecule has 0 aliphatic carbocycles. The Kier molecular flexibility index (Phi) is 9.28. The van der Waals surface area contributed by atoms with E-state index in [0.717, 1.165) is 16.9 Å². The van der Waals surface area contributed by atoms with Crippen molar-refractivity contribution in [3.63, 3.8) is 0 Å². The van der Waals surface area contributed by atoms with Gasteiger partial charge in [-0.05, 0) is 30.2 Å². The Morgan fingerprint density at radius 3 is 2.24 bits per heavy atom. The minimum atomic E-state index is 0.0402. The van der Waals surface area contributed by atoms with Crippen molar-refractivity contribution in [1.29, 1.82) is 0 Å². The lowest BCUT2D eigenvalue weighted by molar-refractivity contribution is 0.0204. The first-order valence-electron chi connectivity index (χ1n) is 6.97. The molecule has 0 amide bonds. The molecule has 0 aliphatic heterocycles. The minimum Gasteiger partial charge on any atom is -0.498 e. The first kappa shape index (κ1) is 17.5. The molecule has 1 N–H and O–H groups in total. The summed E-state index contributed by atoms with van der Waals surface area (Å²) in [5.41, 5.74) is 2.14. The summed E-state index contributed by atoms with van der Waals surface area (Å²) in [6, 6.07) is 7.82. The van der Waals surface area contributed by atoms with Crippen molar-refractivity contribution in [2.24, 2.45) is 0 Å². The lowest BCUT2D eigenvalue weighted by Crippen LogP contribution is -2.09. The van der Waals surface area contributed by atoms with Crippen molar-refractivity contribution in [2.75, 3.05) is 46.8 Å². The van der Waals surface area contributed by atoms with Crippen molar-refractivity contribution in [3.8, 4) is 5.75 Å². The first-order valence-corrected chi connectivity index (χ1v) is 6.97. The van der Waals surface area contributed by atoms with Gasteiger partial charge in [0.15, 0.2) is 0 Å². The molecule has 0 radical (unpaired) electrons. The largest absolute Gasteiger partial charge is 0.498 e. The van der Waals surface area contributed by atoms with Crippen LogP contribution in [0.15, 0.2) is 30.5 Å². The van der Waals surface area contributed by atoms with Crippen molar-refractivity contribution < 1.29 is 24.1 Å². The Bertz CT molecular complexity index is 400. The summed E-state index contributed by atoms with van der Waals surface area (Å²) in [5, 5.41) is 8.51. The van der Waals surface area contributed by atoms with Gasteiger partial charge in [-0.2, -0.15) is 0 Å². The average Bonchev–Trinajstić information content (AvgIpc) is 2.53. The summed E-state index contributed by atoms with van der Waals surface area (Å²) in [6.07, 6.45) is 1.73. The van der Waals surface area contributed by atoms with Crippen LogP contribution in [0.25, 0.3) is 5.57 Å². The highest BCUT2D eigenvalue weighted by molar-refractivity contribution is 5.63. The lowest BCUT2D eigenvalue weighted by Gasteiger charge is -2.06. The third kappa shape index (κ3) is 7.70. The van der Waals surface area contributed by atoms with E-state index in [9.17, 15) is 0 Å². The van der Waals surface area contributed by atoms with Crippen LogP contribution in [-0.2, 0) is 14.2 Å². The summed E-state index contributed by atoms with van der Waals surface area (Å²) in [6.45, 7) is 4.38. The minimum absolute atomic E-state index is 0.0402. The number of ether oxygens (including phenoxy) is 4. The fraction of sp³-hybridized carbons (Fsp3) is 0.500. The van der Waals surface area contributed by atoms with E-state index in [1.54, 1.807) is 13.4 Å². The van der Waals surface area contributed by atoms with Crippen LogP contribution < -0.4 is 4.74 Å². The fourth-order valence-electron chi connectivity index (χ4n) is 1.60. The standard InChI is InChI=1S/C16H24O5/c1-14(15-3-5-16(18-2)6-4-15)13-21-12-11-20-10-9-19-8-7-17/h3-6,13,17H,7-12H2,1-2H3. The summed E-state index contributed by atoms with van der Waals surface area (Å²) in [5.74, 6) is 0.837. The van der Waals surface area contributed by atoms with Crippen LogP contribution in [0, 0.1) is 0 Å². The Labute approximate surface area is 126 Å². The highest BCUT2D eigenvalue weighted by atomic mass is 16.5. The maximum absolute atomic E-state index is 8.51. The van der Waals surface area contributed by atoms with Crippen molar-refractivity contribution >= 4 is 5.57 Å². The van der Waals surface area contributed by atoms with Crippen LogP contribution in [0.5, 0.6) is 5.75 Å². The highest BCUT2D eigenvalue weighted by Gasteiger charge is 1.97. The van der Waals surface area contributed by atoms with Gasteiger partial charge in [-0.3, -0.25) is 0 Å².